The molecule has 0 nitrogen and oxygen atoms in total. The maximum atomic E-state index is 14.3. The highest BCUT2D eigenvalue weighted by molar-refractivity contribution is 6.89. The summed E-state index contributed by atoms with van der Waals surface area (Å²) in [6, 6.07) is 0. The Kier molecular flexibility index (Phi) is 8.74. The number of hydrogen-bond donors (Lipinski definition) is 0. The fourth-order valence-electron chi connectivity index (χ4n) is 2.84. The Balaban J connectivity index is 9.50. The zero-order valence-corrected chi connectivity index (χ0v) is 18.1. The molecule has 0 spiro atoms. The summed E-state index contributed by atoms with van der Waals surface area (Å²) in [4.78, 5) is 0. The summed E-state index contributed by atoms with van der Waals surface area (Å²) in [5.74, 6) is -39.2. The van der Waals surface area contributed by atoms with Gasteiger partial charge in [-0.3, -0.25) is 0 Å². The Bertz CT molecular complexity index is 793. The van der Waals surface area contributed by atoms with Crippen LogP contribution in [0.5, 0.6) is 0 Å². The average molecular weight is 704 g/mol. The van der Waals surface area contributed by atoms with Gasteiger partial charge in [0.25, 0.3) is 0 Å². The van der Waals surface area contributed by atoms with Gasteiger partial charge in [-0.1, -0.05) is 0 Å². The maximum Gasteiger partial charge on any atom is 0.459 e. The summed E-state index contributed by atoms with van der Waals surface area (Å²) in [6.07, 6.45) is -36.1. The lowest BCUT2D eigenvalue weighted by Crippen LogP contribution is -2.96. The molecule has 29 heteroatoms. The smallest absolute Gasteiger partial charge is 0.204 e. The van der Waals surface area contributed by atoms with Gasteiger partial charge in [0.2, 0.25) is 0 Å². The monoisotopic (exact) mass is 704 g/mol. The van der Waals surface area contributed by atoms with Gasteiger partial charge in [-0.25, -0.2) is 35.1 Å². The van der Waals surface area contributed by atoms with Crippen molar-refractivity contribution in [3.05, 3.63) is 0 Å². The van der Waals surface area contributed by atoms with Crippen molar-refractivity contribution < 1.29 is 123 Å². The fourth-order valence-corrected chi connectivity index (χ4v) is 7.65. The van der Waals surface area contributed by atoms with Crippen molar-refractivity contribution in [1.29, 1.82) is 0 Å². The van der Waals surface area contributed by atoms with E-state index in [4.69, 9.17) is 0 Å². The van der Waals surface area contributed by atoms with Crippen molar-refractivity contribution in [2.45, 2.75) is 70.6 Å². The third kappa shape index (κ3) is 4.45. The summed E-state index contributed by atoms with van der Waals surface area (Å²) in [5, 5.41) is 0. The van der Waals surface area contributed by atoms with E-state index in [0.717, 1.165) is 0 Å². The van der Waals surface area contributed by atoms with Crippen molar-refractivity contribution >= 4 is 8.07 Å². The van der Waals surface area contributed by atoms with E-state index in [0.29, 0.717) is 0 Å². The Labute approximate surface area is 203 Å². The Morgan fingerprint density at radius 2 is 0.293 bits per heavy atom. The molecule has 0 saturated carbocycles. The van der Waals surface area contributed by atoms with E-state index < -0.39 is 78.7 Å². The maximum absolute atomic E-state index is 14.3. The molecule has 0 fully saturated rings. The van der Waals surface area contributed by atoms with Gasteiger partial charge in [-0.15, -0.1) is 0 Å². The standard InChI is InChI=1S/C12F28Si/c13-1(14,5(21,22)23)9(33,34)41(10(35,36)2(15,16)6(24,25)26,11(37,38)3(17,18)7(27,28)29)12(39,40)4(19,20)8(30,31)32. The van der Waals surface area contributed by atoms with E-state index in [2.05, 4.69) is 0 Å². The van der Waals surface area contributed by atoms with Crippen LogP contribution in [0, 0.1) is 0 Å². The second-order valence-electron chi connectivity index (χ2n) is 7.34. The molecule has 0 rings (SSSR count). The molecule has 0 radical (unpaired) electrons. The normalized spacial score (nSPS) is 17.3. The zero-order valence-electron chi connectivity index (χ0n) is 17.1. The van der Waals surface area contributed by atoms with Gasteiger partial charge >= 0.3 is 78.7 Å². The Morgan fingerprint density at radius 1 is 0.195 bits per heavy atom. The predicted octanol–water partition coefficient (Wildman–Crippen LogP) is 8.92. The molecular weight excluding hydrogens is 704 g/mol. The van der Waals surface area contributed by atoms with Crippen molar-refractivity contribution in [2.24, 2.45) is 0 Å². The molecule has 0 amide bonds. The van der Waals surface area contributed by atoms with Gasteiger partial charge in [0.15, 0.2) is 0 Å². The Morgan fingerprint density at radius 3 is 0.366 bits per heavy atom. The van der Waals surface area contributed by atoms with Gasteiger partial charge in [0.1, 0.15) is 0 Å². The number of hydrogen-bond acceptors (Lipinski definition) is 0. The van der Waals surface area contributed by atoms with Gasteiger partial charge in [-0.05, 0) is 0 Å². The molecule has 0 aliphatic carbocycles. The third-order valence-corrected chi connectivity index (χ3v) is 9.91. The second-order valence-corrected chi connectivity index (χ2v) is 11.3. The lowest BCUT2D eigenvalue weighted by Gasteiger charge is -2.54. The van der Waals surface area contributed by atoms with Crippen LogP contribution in [0.25, 0.3) is 0 Å². The number of alkyl halides is 28. The first kappa shape index (κ1) is 39.3. The lowest BCUT2D eigenvalue weighted by molar-refractivity contribution is -0.386. The van der Waals surface area contributed by atoms with Crippen LogP contribution in [0.4, 0.5) is 123 Å². The van der Waals surface area contributed by atoms with Crippen molar-refractivity contribution in [1.82, 2.24) is 0 Å². The van der Waals surface area contributed by atoms with E-state index in [-0.39, 0.29) is 0 Å². The van der Waals surface area contributed by atoms with E-state index in [9.17, 15) is 123 Å². The van der Waals surface area contributed by atoms with Crippen LogP contribution in [-0.4, -0.2) is 78.7 Å². The molecule has 0 aromatic rings. The molecule has 0 aromatic carbocycles. The molecule has 0 aromatic heterocycles. The minimum Gasteiger partial charge on any atom is -0.204 e. The van der Waals surface area contributed by atoms with Crippen LogP contribution < -0.4 is 0 Å². The van der Waals surface area contributed by atoms with E-state index in [1.807, 2.05) is 0 Å². The minimum atomic E-state index is -13.9. The van der Waals surface area contributed by atoms with Gasteiger partial charge in [0.05, 0.1) is 0 Å². The number of halogens is 28. The van der Waals surface area contributed by atoms with E-state index in [1.54, 1.807) is 0 Å². The molecule has 248 valence electrons. The first-order valence-electron chi connectivity index (χ1n) is 8.29. The van der Waals surface area contributed by atoms with Crippen LogP contribution >= 0.6 is 0 Å². The molecule has 0 bridgehead atoms. The summed E-state index contributed by atoms with van der Waals surface area (Å²) in [5.41, 5.74) is -42.4. The molecule has 0 aliphatic heterocycles. The lowest BCUT2D eigenvalue weighted by atomic mass is 10.3. The van der Waals surface area contributed by atoms with Gasteiger partial charge < -0.3 is 0 Å². The van der Waals surface area contributed by atoms with Crippen LogP contribution in [0.2, 0.25) is 0 Å². The molecule has 0 heterocycles. The molecule has 0 aliphatic rings. The minimum absolute atomic E-state index is 9.02. The third-order valence-electron chi connectivity index (χ3n) is 4.89. The average Bonchev–Trinajstić information content (AvgIpc) is 2.63. The van der Waals surface area contributed by atoms with Crippen molar-refractivity contribution in [2.75, 3.05) is 0 Å². The highest BCUT2D eigenvalue weighted by Crippen LogP contribution is 2.72. The highest BCUT2D eigenvalue weighted by Gasteiger charge is 3.11. The van der Waals surface area contributed by atoms with Crippen molar-refractivity contribution in [3.63, 3.8) is 0 Å². The van der Waals surface area contributed by atoms with Crippen molar-refractivity contribution in [3.8, 4) is 0 Å². The highest BCUT2D eigenvalue weighted by atomic mass is 28.3. The second kappa shape index (κ2) is 9.13. The molecule has 0 atom stereocenters. The first-order valence-corrected chi connectivity index (χ1v) is 10.3. The summed E-state index contributed by atoms with van der Waals surface area (Å²) >= 11 is 0. The van der Waals surface area contributed by atoms with Crippen LogP contribution in [-0.2, 0) is 0 Å². The van der Waals surface area contributed by atoms with Gasteiger partial charge in [-0.2, -0.15) is 87.8 Å². The summed E-state index contributed by atoms with van der Waals surface area (Å²) in [7, 11) is -13.9. The van der Waals surface area contributed by atoms with Crippen LogP contribution in [0.1, 0.15) is 0 Å². The topological polar surface area (TPSA) is 0 Å². The molecule has 0 N–H and O–H groups in total. The zero-order chi connectivity index (χ0) is 34.5. The van der Waals surface area contributed by atoms with Gasteiger partial charge in [0, 0.05) is 0 Å². The predicted molar refractivity (Wildman–Crippen MR) is 69.5 cm³/mol. The SMILES string of the molecule is FC(F)(F)C(F)(F)C(F)(F)[Si](C(F)(F)C(F)(F)C(F)(F)F)(C(F)(F)C(F)(F)C(F)(F)F)C(F)(F)C(F)(F)C(F)(F)F. The molecule has 0 unspecified atom stereocenters. The van der Waals surface area contributed by atoms with Crippen LogP contribution in [0.15, 0.2) is 0 Å². The summed E-state index contributed by atoms with van der Waals surface area (Å²) in [6.45, 7) is 0. The molecule has 0 saturated heterocycles. The fraction of sp³-hybridized carbons (Fsp3) is 1.00. The largest absolute Gasteiger partial charge is 0.459 e. The molecular formula is C12F28Si. The quantitative estimate of drug-likeness (QED) is 0.175. The number of rotatable bonds is 8. The first-order chi connectivity index (χ1) is 17.0. The molecule has 41 heavy (non-hydrogen) atoms. The Hall–Kier alpha value is -1.74. The summed E-state index contributed by atoms with van der Waals surface area (Å²) < 4.78 is 371. The van der Waals surface area contributed by atoms with Crippen LogP contribution in [0.3, 0.4) is 0 Å². The van der Waals surface area contributed by atoms with E-state index >= 15 is 0 Å². The van der Waals surface area contributed by atoms with E-state index in [1.165, 1.54) is 0 Å².